The average Bonchev–Trinajstić information content (AvgIpc) is 2.41. The quantitative estimate of drug-likeness (QED) is 0.669. The van der Waals surface area contributed by atoms with Gasteiger partial charge >= 0.3 is 0 Å². The van der Waals surface area contributed by atoms with Crippen LogP contribution in [0.2, 0.25) is 5.02 Å². The molecule has 20 heavy (non-hydrogen) atoms. The van der Waals surface area contributed by atoms with Crippen LogP contribution >= 0.6 is 11.6 Å². The molecule has 0 spiro atoms. The van der Waals surface area contributed by atoms with Crippen LogP contribution in [0.3, 0.4) is 0 Å². The largest absolute Gasteiger partial charge is 0.437 e. The molecule has 0 aliphatic rings. The van der Waals surface area contributed by atoms with Gasteiger partial charge in [0.2, 0.25) is 11.8 Å². The summed E-state index contributed by atoms with van der Waals surface area (Å²) in [7, 11) is 0. The molecule has 0 aliphatic carbocycles. The molecular formula is C14H17ClN4O. The number of nitrogens with zero attached hydrogens (tertiary/aromatic N) is 2. The van der Waals surface area contributed by atoms with E-state index in [4.69, 9.17) is 22.2 Å². The van der Waals surface area contributed by atoms with E-state index in [-0.39, 0.29) is 17.2 Å². The van der Waals surface area contributed by atoms with Crippen molar-refractivity contribution < 1.29 is 4.74 Å². The van der Waals surface area contributed by atoms with E-state index in [2.05, 4.69) is 36.2 Å². The summed E-state index contributed by atoms with van der Waals surface area (Å²) in [5.74, 6) is 6.42. The Morgan fingerprint density at radius 3 is 2.40 bits per heavy atom. The smallest absolute Gasteiger partial charge is 0.243 e. The van der Waals surface area contributed by atoms with Gasteiger partial charge in [0.15, 0.2) is 0 Å². The highest BCUT2D eigenvalue weighted by atomic mass is 35.5. The third-order valence-corrected chi connectivity index (χ3v) is 3.04. The van der Waals surface area contributed by atoms with Gasteiger partial charge in [0.1, 0.15) is 10.8 Å². The van der Waals surface area contributed by atoms with Crippen molar-refractivity contribution in [1.82, 2.24) is 9.97 Å². The van der Waals surface area contributed by atoms with Crippen LogP contribution in [-0.2, 0) is 5.41 Å². The van der Waals surface area contributed by atoms with Crippen molar-refractivity contribution in [2.45, 2.75) is 26.2 Å². The number of halogens is 1. The topological polar surface area (TPSA) is 73.1 Å². The van der Waals surface area contributed by atoms with Crippen molar-refractivity contribution in [3.8, 4) is 11.6 Å². The second kappa shape index (κ2) is 5.64. The van der Waals surface area contributed by atoms with E-state index < -0.39 is 0 Å². The molecule has 0 amide bonds. The first-order chi connectivity index (χ1) is 9.40. The Bertz CT molecular complexity index is 593. The second-order valence-electron chi connectivity index (χ2n) is 5.37. The minimum atomic E-state index is 0.0989. The van der Waals surface area contributed by atoms with Crippen molar-refractivity contribution in [2.75, 3.05) is 5.43 Å². The monoisotopic (exact) mass is 292 g/mol. The summed E-state index contributed by atoms with van der Waals surface area (Å²) in [6.45, 7) is 6.47. The number of anilines is 1. The highest BCUT2D eigenvalue weighted by molar-refractivity contribution is 6.31. The number of nitrogen functional groups attached to an aromatic ring is 1. The molecule has 106 valence electrons. The van der Waals surface area contributed by atoms with Crippen molar-refractivity contribution in [2.24, 2.45) is 5.84 Å². The minimum Gasteiger partial charge on any atom is -0.437 e. The highest BCUT2D eigenvalue weighted by Gasteiger charge is 2.14. The summed E-state index contributed by atoms with van der Waals surface area (Å²) in [4.78, 5) is 7.94. The first-order valence-corrected chi connectivity index (χ1v) is 6.55. The van der Waals surface area contributed by atoms with Crippen LogP contribution in [0.15, 0.2) is 30.5 Å². The molecule has 0 saturated heterocycles. The van der Waals surface area contributed by atoms with E-state index in [0.717, 1.165) is 0 Å². The molecule has 0 atom stereocenters. The van der Waals surface area contributed by atoms with Gasteiger partial charge in [0.05, 0.1) is 6.20 Å². The fraction of sp³-hybridized carbons (Fsp3) is 0.286. The molecule has 0 unspecified atom stereocenters. The summed E-state index contributed by atoms with van der Waals surface area (Å²) >= 11 is 5.99. The van der Waals surface area contributed by atoms with E-state index in [9.17, 15) is 0 Å². The summed E-state index contributed by atoms with van der Waals surface area (Å²) < 4.78 is 5.64. The molecular weight excluding hydrogens is 276 g/mol. The Labute approximate surface area is 123 Å². The second-order valence-corrected chi connectivity index (χ2v) is 5.77. The molecule has 0 bridgehead atoms. The molecule has 0 radical (unpaired) electrons. The van der Waals surface area contributed by atoms with Crippen LogP contribution in [0.5, 0.6) is 11.6 Å². The fourth-order valence-corrected chi connectivity index (χ4v) is 1.76. The predicted molar refractivity (Wildman–Crippen MR) is 80.1 cm³/mol. The van der Waals surface area contributed by atoms with Gasteiger partial charge in [0, 0.05) is 0 Å². The zero-order valence-electron chi connectivity index (χ0n) is 11.6. The fourth-order valence-electron chi connectivity index (χ4n) is 1.63. The number of hydrogen-bond donors (Lipinski definition) is 2. The van der Waals surface area contributed by atoms with E-state index in [0.29, 0.717) is 10.8 Å². The number of rotatable bonds is 3. The van der Waals surface area contributed by atoms with Crippen molar-refractivity contribution in [1.29, 1.82) is 0 Å². The lowest BCUT2D eigenvalue weighted by Crippen LogP contribution is -2.11. The molecule has 5 nitrogen and oxygen atoms in total. The normalized spacial score (nSPS) is 11.2. The minimum absolute atomic E-state index is 0.0989. The molecule has 3 N–H and O–H groups in total. The van der Waals surface area contributed by atoms with Crippen LogP contribution in [-0.4, -0.2) is 9.97 Å². The average molecular weight is 293 g/mol. The molecule has 2 rings (SSSR count). The van der Waals surface area contributed by atoms with Crippen LogP contribution in [0.4, 0.5) is 5.95 Å². The van der Waals surface area contributed by atoms with Gasteiger partial charge in [-0.25, -0.2) is 10.8 Å². The Balaban J connectivity index is 2.22. The Morgan fingerprint density at radius 2 is 1.85 bits per heavy atom. The van der Waals surface area contributed by atoms with Gasteiger partial charge < -0.3 is 4.74 Å². The van der Waals surface area contributed by atoms with Gasteiger partial charge in [-0.3, -0.25) is 5.43 Å². The van der Waals surface area contributed by atoms with Gasteiger partial charge in [0.25, 0.3) is 0 Å². The number of aromatic nitrogens is 2. The van der Waals surface area contributed by atoms with Crippen LogP contribution in [0.1, 0.15) is 26.3 Å². The highest BCUT2D eigenvalue weighted by Crippen LogP contribution is 2.29. The van der Waals surface area contributed by atoms with Crippen molar-refractivity contribution in [3.63, 3.8) is 0 Å². The number of hydrazine groups is 1. The Hall–Kier alpha value is -1.85. The predicted octanol–water partition coefficient (Wildman–Crippen LogP) is 3.51. The number of nitrogens with two attached hydrogens (primary N) is 1. The van der Waals surface area contributed by atoms with Crippen LogP contribution < -0.4 is 16.0 Å². The number of ether oxygens (including phenoxy) is 1. The van der Waals surface area contributed by atoms with E-state index in [1.165, 1.54) is 11.8 Å². The molecule has 6 heteroatoms. The zero-order chi connectivity index (χ0) is 14.8. The van der Waals surface area contributed by atoms with Crippen molar-refractivity contribution in [3.05, 3.63) is 41.0 Å². The van der Waals surface area contributed by atoms with Gasteiger partial charge in [-0.15, -0.1) is 0 Å². The first-order valence-electron chi connectivity index (χ1n) is 6.17. The Morgan fingerprint density at radius 1 is 1.20 bits per heavy atom. The van der Waals surface area contributed by atoms with E-state index in [1.54, 1.807) is 0 Å². The molecule has 1 heterocycles. The molecule has 0 saturated carbocycles. The Kier molecular flexibility index (Phi) is 4.11. The van der Waals surface area contributed by atoms with Crippen molar-refractivity contribution >= 4 is 17.5 Å². The van der Waals surface area contributed by atoms with E-state index in [1.807, 2.05) is 24.3 Å². The SMILES string of the molecule is CC(C)(C)c1ccc(Oc2nc(NN)ncc2Cl)cc1. The molecule has 0 fully saturated rings. The summed E-state index contributed by atoms with van der Waals surface area (Å²) in [5, 5.41) is 0.323. The molecule has 2 aromatic rings. The standard InChI is InChI=1S/C14H17ClN4O/c1-14(2,3)9-4-6-10(7-5-9)20-12-11(15)8-17-13(18-12)19-16/h4-8H,16H2,1-3H3,(H,17,18,19). The van der Waals surface area contributed by atoms with Gasteiger partial charge in [-0.05, 0) is 23.1 Å². The van der Waals surface area contributed by atoms with Crippen LogP contribution in [0.25, 0.3) is 0 Å². The summed E-state index contributed by atoms with van der Waals surface area (Å²) in [6.07, 6.45) is 1.43. The maximum Gasteiger partial charge on any atom is 0.243 e. The molecule has 1 aromatic heterocycles. The third kappa shape index (κ3) is 3.37. The lowest BCUT2D eigenvalue weighted by Gasteiger charge is -2.19. The van der Waals surface area contributed by atoms with Gasteiger partial charge in [-0.1, -0.05) is 44.5 Å². The summed E-state index contributed by atoms with van der Waals surface area (Å²) in [6, 6.07) is 7.81. The zero-order valence-corrected chi connectivity index (χ0v) is 12.4. The van der Waals surface area contributed by atoms with Gasteiger partial charge in [-0.2, -0.15) is 4.98 Å². The maximum absolute atomic E-state index is 5.99. The van der Waals surface area contributed by atoms with Crippen LogP contribution in [0, 0.1) is 0 Å². The van der Waals surface area contributed by atoms with E-state index >= 15 is 0 Å². The maximum atomic E-state index is 5.99. The summed E-state index contributed by atoms with van der Waals surface area (Å²) in [5.41, 5.74) is 3.67. The molecule has 1 aromatic carbocycles. The first kappa shape index (κ1) is 14.6. The number of nitrogens with one attached hydrogen (secondary N) is 1. The third-order valence-electron chi connectivity index (χ3n) is 2.78. The number of hydrogen-bond acceptors (Lipinski definition) is 5. The lowest BCUT2D eigenvalue weighted by molar-refractivity contribution is 0.461. The lowest BCUT2D eigenvalue weighted by atomic mass is 9.87. The molecule has 0 aliphatic heterocycles. The number of benzene rings is 1.